The van der Waals surface area contributed by atoms with Gasteiger partial charge in [0, 0.05) is 5.56 Å². The summed E-state index contributed by atoms with van der Waals surface area (Å²) in [6.45, 7) is 6.67. The molecule has 21 heavy (non-hydrogen) atoms. The van der Waals surface area contributed by atoms with Gasteiger partial charge in [-0.15, -0.1) is 0 Å². The molecular formula is C20H20O. The van der Waals surface area contributed by atoms with E-state index < -0.39 is 0 Å². The highest BCUT2D eigenvalue weighted by Crippen LogP contribution is 2.40. The van der Waals surface area contributed by atoms with Gasteiger partial charge in [-0.3, -0.25) is 4.79 Å². The molecule has 0 unspecified atom stereocenters. The maximum atomic E-state index is 11.5. The molecule has 106 valence electrons. The van der Waals surface area contributed by atoms with Gasteiger partial charge in [0.1, 0.15) is 0 Å². The van der Waals surface area contributed by atoms with Gasteiger partial charge in [-0.25, -0.2) is 0 Å². The van der Waals surface area contributed by atoms with Gasteiger partial charge >= 0.3 is 0 Å². The van der Waals surface area contributed by atoms with E-state index in [-0.39, 0.29) is 5.41 Å². The number of hydrogen-bond donors (Lipinski definition) is 0. The maximum absolute atomic E-state index is 11.5. The summed E-state index contributed by atoms with van der Waals surface area (Å²) in [5.74, 6) is 0. The Hall–Kier alpha value is -2.15. The van der Waals surface area contributed by atoms with Crippen LogP contribution in [0.3, 0.4) is 0 Å². The molecule has 0 bridgehead atoms. The fourth-order valence-electron chi connectivity index (χ4n) is 3.08. The average Bonchev–Trinajstić information content (AvgIpc) is 2.95. The molecular weight excluding hydrogens is 256 g/mol. The summed E-state index contributed by atoms with van der Waals surface area (Å²) < 4.78 is 0. The number of rotatable bonds is 2. The zero-order valence-electron chi connectivity index (χ0n) is 12.8. The summed E-state index contributed by atoms with van der Waals surface area (Å²) >= 11 is 0. The van der Waals surface area contributed by atoms with E-state index in [4.69, 9.17) is 0 Å². The number of carbonyl (C=O) groups is 1. The normalized spacial score (nSPS) is 15.0. The number of hydrogen-bond acceptors (Lipinski definition) is 1. The largest absolute Gasteiger partial charge is 0.298 e. The van der Waals surface area contributed by atoms with Crippen molar-refractivity contribution in [1.82, 2.24) is 0 Å². The molecule has 1 heteroatoms. The molecule has 0 aromatic heterocycles. The van der Waals surface area contributed by atoms with E-state index in [1.165, 1.54) is 16.5 Å². The van der Waals surface area contributed by atoms with E-state index >= 15 is 0 Å². The van der Waals surface area contributed by atoms with Gasteiger partial charge in [-0.2, -0.15) is 0 Å². The number of allylic oxidation sites excluding steroid dienone is 4. The quantitative estimate of drug-likeness (QED) is 0.670. The Bertz CT molecular complexity index is 770. The monoisotopic (exact) mass is 276 g/mol. The Balaban J connectivity index is 2.27. The van der Waals surface area contributed by atoms with Crippen LogP contribution in [0, 0.1) is 5.41 Å². The lowest BCUT2D eigenvalue weighted by atomic mass is 9.82. The highest BCUT2D eigenvalue weighted by Gasteiger charge is 2.23. The van der Waals surface area contributed by atoms with E-state index in [1.807, 2.05) is 18.2 Å². The van der Waals surface area contributed by atoms with Crippen LogP contribution in [0.2, 0.25) is 0 Å². The van der Waals surface area contributed by atoms with Crippen molar-refractivity contribution in [3.8, 4) is 0 Å². The molecule has 1 aliphatic rings. The van der Waals surface area contributed by atoms with Gasteiger partial charge in [0.2, 0.25) is 0 Å². The molecule has 0 spiro atoms. The fraction of sp³-hybridized carbons (Fsp3) is 0.250. The highest BCUT2D eigenvalue weighted by atomic mass is 16.1. The SMILES string of the molecule is CC(C)(C)C1=C(c2cc3ccccc3cc2C=O)CC=C1. The summed E-state index contributed by atoms with van der Waals surface area (Å²) in [7, 11) is 0. The Morgan fingerprint density at radius 1 is 1.05 bits per heavy atom. The lowest BCUT2D eigenvalue weighted by Gasteiger charge is -2.22. The van der Waals surface area contributed by atoms with Gasteiger partial charge in [0.15, 0.2) is 6.29 Å². The van der Waals surface area contributed by atoms with Crippen molar-refractivity contribution >= 4 is 22.6 Å². The topological polar surface area (TPSA) is 17.1 Å². The van der Waals surface area contributed by atoms with E-state index in [0.29, 0.717) is 0 Å². The lowest BCUT2D eigenvalue weighted by molar-refractivity contribution is 0.112. The molecule has 0 aliphatic heterocycles. The minimum Gasteiger partial charge on any atom is -0.298 e. The molecule has 0 heterocycles. The van der Waals surface area contributed by atoms with Crippen molar-refractivity contribution < 1.29 is 4.79 Å². The van der Waals surface area contributed by atoms with Crippen molar-refractivity contribution in [3.05, 3.63) is 65.3 Å². The molecule has 0 amide bonds. The Labute approximate surface area is 126 Å². The molecule has 0 fully saturated rings. The zero-order valence-corrected chi connectivity index (χ0v) is 12.8. The predicted octanol–water partition coefficient (Wildman–Crippen LogP) is 5.41. The molecule has 2 aromatic carbocycles. The van der Waals surface area contributed by atoms with Gasteiger partial charge in [-0.05, 0) is 51.5 Å². The van der Waals surface area contributed by atoms with Crippen molar-refractivity contribution in [2.24, 2.45) is 5.41 Å². The fourth-order valence-corrected chi connectivity index (χ4v) is 3.08. The van der Waals surface area contributed by atoms with E-state index in [2.05, 4.69) is 51.1 Å². The van der Waals surface area contributed by atoms with Crippen LogP contribution in [-0.4, -0.2) is 6.29 Å². The van der Waals surface area contributed by atoms with Gasteiger partial charge in [0.05, 0.1) is 0 Å². The van der Waals surface area contributed by atoms with Crippen LogP contribution in [0.25, 0.3) is 16.3 Å². The van der Waals surface area contributed by atoms with Crippen LogP contribution < -0.4 is 0 Å². The van der Waals surface area contributed by atoms with Crippen molar-refractivity contribution in [2.75, 3.05) is 0 Å². The standard InChI is InChI=1S/C20H20O/c1-20(2,3)19-10-6-9-17(19)18-12-15-8-5-4-7-14(15)11-16(18)13-21/h4-8,10-13H,9H2,1-3H3. The number of carbonyl (C=O) groups excluding carboxylic acids is 1. The van der Waals surface area contributed by atoms with E-state index in [9.17, 15) is 4.79 Å². The molecule has 0 N–H and O–H groups in total. The minimum absolute atomic E-state index is 0.0914. The van der Waals surface area contributed by atoms with Gasteiger partial charge < -0.3 is 0 Å². The summed E-state index contributed by atoms with van der Waals surface area (Å²) in [6, 6.07) is 12.4. The van der Waals surface area contributed by atoms with E-state index in [1.54, 1.807) is 0 Å². The molecule has 1 aliphatic carbocycles. The van der Waals surface area contributed by atoms with Gasteiger partial charge in [-0.1, -0.05) is 57.2 Å². The molecule has 2 aromatic rings. The van der Waals surface area contributed by atoms with Crippen LogP contribution in [0.4, 0.5) is 0 Å². The second-order valence-electron chi connectivity index (χ2n) is 6.65. The first-order valence-corrected chi connectivity index (χ1v) is 7.39. The maximum Gasteiger partial charge on any atom is 0.150 e. The van der Waals surface area contributed by atoms with Crippen molar-refractivity contribution in [1.29, 1.82) is 0 Å². The van der Waals surface area contributed by atoms with Crippen LogP contribution >= 0.6 is 0 Å². The van der Waals surface area contributed by atoms with Crippen LogP contribution in [0.5, 0.6) is 0 Å². The molecule has 3 rings (SSSR count). The third kappa shape index (κ3) is 2.44. The number of aldehydes is 1. The summed E-state index contributed by atoms with van der Waals surface area (Å²) in [6.07, 6.45) is 6.29. The van der Waals surface area contributed by atoms with Crippen LogP contribution in [-0.2, 0) is 0 Å². The second kappa shape index (κ2) is 5.00. The predicted molar refractivity (Wildman–Crippen MR) is 89.5 cm³/mol. The molecule has 0 saturated carbocycles. The van der Waals surface area contributed by atoms with Crippen LogP contribution in [0.1, 0.15) is 43.1 Å². The van der Waals surface area contributed by atoms with Crippen molar-refractivity contribution in [2.45, 2.75) is 27.2 Å². The Morgan fingerprint density at radius 3 is 2.33 bits per heavy atom. The van der Waals surface area contributed by atoms with Crippen LogP contribution in [0.15, 0.2) is 54.1 Å². The number of fused-ring (bicyclic) bond motifs is 1. The number of benzene rings is 2. The molecule has 0 atom stereocenters. The third-order valence-electron chi connectivity index (χ3n) is 4.11. The zero-order chi connectivity index (χ0) is 15.0. The molecule has 1 nitrogen and oxygen atoms in total. The summed E-state index contributed by atoms with van der Waals surface area (Å²) in [5, 5.41) is 2.30. The summed E-state index contributed by atoms with van der Waals surface area (Å²) in [4.78, 5) is 11.5. The average molecular weight is 276 g/mol. The second-order valence-corrected chi connectivity index (χ2v) is 6.65. The first-order chi connectivity index (χ1) is 10.0. The Morgan fingerprint density at radius 2 is 1.71 bits per heavy atom. The molecule has 0 radical (unpaired) electrons. The molecule has 0 saturated heterocycles. The van der Waals surface area contributed by atoms with Crippen molar-refractivity contribution in [3.63, 3.8) is 0 Å². The summed E-state index contributed by atoms with van der Waals surface area (Å²) in [5.41, 5.74) is 4.58. The van der Waals surface area contributed by atoms with Gasteiger partial charge in [0.25, 0.3) is 0 Å². The minimum atomic E-state index is 0.0914. The smallest absolute Gasteiger partial charge is 0.150 e. The Kier molecular flexibility index (Phi) is 3.29. The lowest BCUT2D eigenvalue weighted by Crippen LogP contribution is -2.09. The highest BCUT2D eigenvalue weighted by molar-refractivity contribution is 5.97. The third-order valence-corrected chi connectivity index (χ3v) is 4.11. The first-order valence-electron chi connectivity index (χ1n) is 7.39. The first kappa shape index (κ1) is 13.8. The van der Waals surface area contributed by atoms with E-state index in [0.717, 1.165) is 29.2 Å².